The molecular formula is C17H12BrF2N. The van der Waals surface area contributed by atoms with Crippen molar-refractivity contribution in [3.8, 4) is 0 Å². The van der Waals surface area contributed by atoms with Gasteiger partial charge in [-0.1, -0.05) is 52.3 Å². The van der Waals surface area contributed by atoms with E-state index < -0.39 is 11.6 Å². The molecule has 0 amide bonds. The quantitative estimate of drug-likeness (QED) is 0.660. The molecule has 3 aromatic rings. The van der Waals surface area contributed by atoms with Crippen molar-refractivity contribution in [3.63, 3.8) is 0 Å². The largest absolute Gasteiger partial charge is 0.380 e. The Morgan fingerprint density at radius 2 is 1.62 bits per heavy atom. The Kier molecular flexibility index (Phi) is 3.88. The van der Waals surface area contributed by atoms with Crippen LogP contribution in [-0.2, 0) is 6.54 Å². The van der Waals surface area contributed by atoms with Crippen LogP contribution in [0, 0.1) is 11.6 Å². The minimum Gasteiger partial charge on any atom is -0.380 e. The van der Waals surface area contributed by atoms with E-state index in [1.165, 1.54) is 6.07 Å². The fourth-order valence-corrected chi connectivity index (χ4v) is 2.77. The van der Waals surface area contributed by atoms with Gasteiger partial charge in [-0.25, -0.2) is 8.78 Å². The van der Waals surface area contributed by atoms with Gasteiger partial charge in [0.25, 0.3) is 0 Å². The molecule has 0 bridgehead atoms. The molecule has 0 aliphatic heterocycles. The summed E-state index contributed by atoms with van der Waals surface area (Å²) in [5, 5.41) is 5.27. The van der Waals surface area contributed by atoms with Crippen molar-refractivity contribution in [3.05, 3.63) is 76.3 Å². The topological polar surface area (TPSA) is 12.0 Å². The molecule has 0 saturated carbocycles. The molecule has 0 unspecified atom stereocenters. The maximum absolute atomic E-state index is 13.7. The number of fused-ring (bicyclic) bond motifs is 1. The SMILES string of the molecule is Fc1cccc(CNc2ccc(Br)c3ccccc23)c1F. The lowest BCUT2D eigenvalue weighted by Gasteiger charge is -2.11. The van der Waals surface area contributed by atoms with Crippen molar-refractivity contribution in [1.82, 2.24) is 0 Å². The van der Waals surface area contributed by atoms with E-state index in [0.717, 1.165) is 27.0 Å². The van der Waals surface area contributed by atoms with Crippen LogP contribution in [0.2, 0.25) is 0 Å². The number of rotatable bonds is 3. The normalized spacial score (nSPS) is 10.8. The number of benzene rings is 3. The molecule has 4 heteroatoms. The van der Waals surface area contributed by atoms with E-state index in [1.54, 1.807) is 6.07 Å². The zero-order chi connectivity index (χ0) is 14.8. The minimum absolute atomic E-state index is 0.231. The van der Waals surface area contributed by atoms with E-state index >= 15 is 0 Å². The van der Waals surface area contributed by atoms with Crippen molar-refractivity contribution in [2.75, 3.05) is 5.32 Å². The van der Waals surface area contributed by atoms with Crippen molar-refractivity contribution in [2.45, 2.75) is 6.54 Å². The summed E-state index contributed by atoms with van der Waals surface area (Å²) >= 11 is 3.51. The van der Waals surface area contributed by atoms with Crippen LogP contribution in [0.15, 0.2) is 59.1 Å². The van der Waals surface area contributed by atoms with Crippen molar-refractivity contribution >= 4 is 32.4 Å². The molecule has 0 aromatic heterocycles. The van der Waals surface area contributed by atoms with Crippen LogP contribution >= 0.6 is 15.9 Å². The summed E-state index contributed by atoms with van der Waals surface area (Å²) in [4.78, 5) is 0. The van der Waals surface area contributed by atoms with Gasteiger partial charge < -0.3 is 5.32 Å². The number of hydrogen-bond acceptors (Lipinski definition) is 1. The summed E-state index contributed by atoms with van der Waals surface area (Å²) in [6.45, 7) is 0.231. The molecule has 0 spiro atoms. The zero-order valence-corrected chi connectivity index (χ0v) is 12.6. The zero-order valence-electron chi connectivity index (χ0n) is 11.0. The molecule has 0 aliphatic carbocycles. The molecule has 106 valence electrons. The second-order valence-corrected chi connectivity index (χ2v) is 5.56. The Morgan fingerprint density at radius 1 is 0.857 bits per heavy atom. The predicted molar refractivity (Wildman–Crippen MR) is 85.3 cm³/mol. The molecule has 3 aromatic carbocycles. The lowest BCUT2D eigenvalue weighted by atomic mass is 10.1. The molecule has 0 atom stereocenters. The summed E-state index contributed by atoms with van der Waals surface area (Å²) in [7, 11) is 0. The van der Waals surface area contributed by atoms with Crippen molar-refractivity contribution in [2.24, 2.45) is 0 Å². The molecule has 0 saturated heterocycles. The first kappa shape index (κ1) is 14.0. The minimum atomic E-state index is -0.824. The van der Waals surface area contributed by atoms with Crippen LogP contribution in [0.4, 0.5) is 14.5 Å². The fraction of sp³-hybridized carbons (Fsp3) is 0.0588. The Hall–Kier alpha value is -1.94. The maximum Gasteiger partial charge on any atom is 0.163 e. The first-order valence-electron chi connectivity index (χ1n) is 6.51. The lowest BCUT2D eigenvalue weighted by Crippen LogP contribution is -2.03. The molecule has 21 heavy (non-hydrogen) atoms. The third-order valence-electron chi connectivity index (χ3n) is 3.37. The average Bonchev–Trinajstić information content (AvgIpc) is 2.51. The van der Waals surface area contributed by atoms with Crippen molar-refractivity contribution < 1.29 is 8.78 Å². The highest BCUT2D eigenvalue weighted by molar-refractivity contribution is 9.10. The van der Waals surface area contributed by atoms with E-state index in [9.17, 15) is 8.78 Å². The van der Waals surface area contributed by atoms with Crippen LogP contribution in [0.25, 0.3) is 10.8 Å². The third-order valence-corrected chi connectivity index (χ3v) is 4.06. The van der Waals surface area contributed by atoms with Crippen LogP contribution in [0.5, 0.6) is 0 Å². The highest BCUT2D eigenvalue weighted by Crippen LogP contribution is 2.30. The van der Waals surface area contributed by atoms with Gasteiger partial charge in [-0.2, -0.15) is 0 Å². The van der Waals surface area contributed by atoms with Gasteiger partial charge in [-0.05, 0) is 23.6 Å². The molecule has 1 N–H and O–H groups in total. The van der Waals surface area contributed by atoms with Crippen LogP contribution in [0.1, 0.15) is 5.56 Å². The Morgan fingerprint density at radius 3 is 2.43 bits per heavy atom. The van der Waals surface area contributed by atoms with Gasteiger partial charge in [0.15, 0.2) is 11.6 Å². The molecule has 0 aliphatic rings. The highest BCUT2D eigenvalue weighted by Gasteiger charge is 2.08. The molecule has 0 heterocycles. The second kappa shape index (κ2) is 5.82. The van der Waals surface area contributed by atoms with Gasteiger partial charge in [0, 0.05) is 27.7 Å². The van der Waals surface area contributed by atoms with Gasteiger partial charge in [-0.3, -0.25) is 0 Å². The monoisotopic (exact) mass is 347 g/mol. The average molecular weight is 348 g/mol. The number of anilines is 1. The lowest BCUT2D eigenvalue weighted by molar-refractivity contribution is 0.500. The standard InChI is InChI=1S/C17H12BrF2N/c18-14-8-9-16(13-6-2-1-5-12(13)14)21-10-11-4-3-7-15(19)17(11)20/h1-9,21H,10H2. The van der Waals surface area contributed by atoms with E-state index in [0.29, 0.717) is 5.56 Å². The number of hydrogen-bond donors (Lipinski definition) is 1. The van der Waals surface area contributed by atoms with Gasteiger partial charge in [-0.15, -0.1) is 0 Å². The Balaban J connectivity index is 1.92. The third kappa shape index (κ3) is 2.76. The van der Waals surface area contributed by atoms with E-state index in [2.05, 4.69) is 21.2 Å². The summed E-state index contributed by atoms with van der Waals surface area (Å²) in [5.74, 6) is -1.62. The smallest absolute Gasteiger partial charge is 0.163 e. The Labute approximate surface area is 129 Å². The van der Waals surface area contributed by atoms with E-state index in [-0.39, 0.29) is 6.54 Å². The van der Waals surface area contributed by atoms with E-state index in [4.69, 9.17) is 0 Å². The van der Waals surface area contributed by atoms with Gasteiger partial charge in [0.05, 0.1) is 0 Å². The molecule has 3 rings (SSSR count). The maximum atomic E-state index is 13.7. The summed E-state index contributed by atoms with van der Waals surface area (Å²) in [6.07, 6.45) is 0. The molecule has 1 nitrogen and oxygen atoms in total. The Bertz CT molecular complexity index is 802. The van der Waals surface area contributed by atoms with Crippen molar-refractivity contribution in [1.29, 1.82) is 0 Å². The molecule has 0 radical (unpaired) electrons. The molecule has 0 fully saturated rings. The first-order chi connectivity index (χ1) is 10.2. The number of halogens is 3. The summed E-state index contributed by atoms with van der Waals surface area (Å²) in [6, 6.07) is 16.0. The van der Waals surface area contributed by atoms with Gasteiger partial charge in [0.2, 0.25) is 0 Å². The van der Waals surface area contributed by atoms with Crippen LogP contribution in [0.3, 0.4) is 0 Å². The van der Waals surface area contributed by atoms with Crippen LogP contribution < -0.4 is 5.32 Å². The molecular weight excluding hydrogens is 336 g/mol. The second-order valence-electron chi connectivity index (χ2n) is 4.71. The van der Waals surface area contributed by atoms with Gasteiger partial charge >= 0.3 is 0 Å². The van der Waals surface area contributed by atoms with Crippen LogP contribution in [-0.4, -0.2) is 0 Å². The summed E-state index contributed by atoms with van der Waals surface area (Å²) in [5.41, 5.74) is 1.19. The summed E-state index contributed by atoms with van der Waals surface area (Å²) < 4.78 is 27.9. The number of nitrogens with one attached hydrogen (secondary N) is 1. The van der Waals surface area contributed by atoms with Gasteiger partial charge in [0.1, 0.15) is 0 Å². The first-order valence-corrected chi connectivity index (χ1v) is 7.30. The highest BCUT2D eigenvalue weighted by atomic mass is 79.9. The van der Waals surface area contributed by atoms with E-state index in [1.807, 2.05) is 36.4 Å². The predicted octanol–water partition coefficient (Wildman–Crippen LogP) is 5.49. The fourth-order valence-electron chi connectivity index (χ4n) is 2.29.